The van der Waals surface area contributed by atoms with Gasteiger partial charge in [-0.2, -0.15) is 10.4 Å². The first-order chi connectivity index (χ1) is 11.6. The Labute approximate surface area is 143 Å². The van der Waals surface area contributed by atoms with Crippen molar-refractivity contribution in [3.63, 3.8) is 0 Å². The first kappa shape index (κ1) is 17.0. The van der Waals surface area contributed by atoms with Gasteiger partial charge in [0.2, 0.25) is 5.91 Å². The second-order valence-electron chi connectivity index (χ2n) is 6.78. The van der Waals surface area contributed by atoms with E-state index in [0.29, 0.717) is 26.0 Å². The van der Waals surface area contributed by atoms with Crippen LogP contribution in [0.15, 0.2) is 0 Å². The molecule has 3 rings (SSSR count). The molecular formula is C18H26N4O2. The van der Waals surface area contributed by atoms with Crippen molar-refractivity contribution in [3.05, 3.63) is 17.0 Å². The molecule has 2 fully saturated rings. The predicted octanol–water partition coefficient (Wildman–Crippen LogP) is 2.13. The number of aryl methyl sites for hydroxylation is 2. The molecule has 0 spiro atoms. The Morgan fingerprint density at radius 1 is 1.42 bits per heavy atom. The molecule has 0 radical (unpaired) electrons. The van der Waals surface area contributed by atoms with Crippen LogP contribution in [0.3, 0.4) is 0 Å². The summed E-state index contributed by atoms with van der Waals surface area (Å²) in [6.45, 7) is 6.01. The zero-order chi connectivity index (χ0) is 17.1. The average Bonchev–Trinajstić information content (AvgIpc) is 3.15. The van der Waals surface area contributed by atoms with E-state index in [1.807, 2.05) is 23.4 Å². The van der Waals surface area contributed by atoms with Gasteiger partial charge < -0.3 is 9.64 Å². The van der Waals surface area contributed by atoms with Gasteiger partial charge in [0.25, 0.3) is 0 Å². The minimum Gasteiger partial charge on any atom is -0.374 e. The molecule has 1 saturated carbocycles. The lowest BCUT2D eigenvalue weighted by Crippen LogP contribution is -2.51. The largest absolute Gasteiger partial charge is 0.374 e. The average molecular weight is 330 g/mol. The molecule has 6 nitrogen and oxygen atoms in total. The van der Waals surface area contributed by atoms with Gasteiger partial charge in [-0.1, -0.05) is 0 Å². The molecule has 6 heteroatoms. The number of carbonyl (C=O) groups excluding carboxylic acids is 1. The maximum atomic E-state index is 12.7. The molecule has 0 N–H and O–H groups in total. The van der Waals surface area contributed by atoms with E-state index >= 15 is 0 Å². The van der Waals surface area contributed by atoms with Gasteiger partial charge in [0, 0.05) is 18.7 Å². The van der Waals surface area contributed by atoms with Gasteiger partial charge in [-0.3, -0.25) is 9.48 Å². The predicted molar refractivity (Wildman–Crippen MR) is 89.3 cm³/mol. The molecule has 2 aliphatic rings. The standard InChI is InChI=1S/C18H26N4O2/c1-13-15(14(2)22(20-13)10-4-9-19)7-8-18(23)21-11-12-24-17-6-3-5-16(17)21/h16-17H,3-8,10-12H2,1-2H3/t16-,17-/m0/s1. The number of amides is 1. The number of fused-ring (bicyclic) bond motifs is 1. The molecule has 0 unspecified atom stereocenters. The van der Waals surface area contributed by atoms with Crippen LogP contribution in [0.1, 0.15) is 49.1 Å². The smallest absolute Gasteiger partial charge is 0.223 e. The van der Waals surface area contributed by atoms with Crippen molar-refractivity contribution in [3.8, 4) is 6.07 Å². The molecule has 1 saturated heterocycles. The molecule has 130 valence electrons. The number of aromatic nitrogens is 2. The lowest BCUT2D eigenvalue weighted by molar-refractivity contribution is -0.143. The molecule has 24 heavy (non-hydrogen) atoms. The SMILES string of the molecule is Cc1nn(CCC#N)c(C)c1CCC(=O)N1CCO[C@H]2CCC[C@@H]21. The summed E-state index contributed by atoms with van der Waals surface area (Å²) in [5.74, 6) is 0.235. The summed E-state index contributed by atoms with van der Waals surface area (Å²) < 4.78 is 7.68. The van der Waals surface area contributed by atoms with E-state index in [2.05, 4.69) is 11.2 Å². The van der Waals surface area contributed by atoms with Gasteiger partial charge in [0.1, 0.15) is 0 Å². The maximum Gasteiger partial charge on any atom is 0.223 e. The van der Waals surface area contributed by atoms with Crippen LogP contribution in [0.4, 0.5) is 0 Å². The molecular weight excluding hydrogens is 304 g/mol. The van der Waals surface area contributed by atoms with E-state index in [9.17, 15) is 4.79 Å². The minimum absolute atomic E-state index is 0.235. The number of nitriles is 1. The fourth-order valence-corrected chi connectivity index (χ4v) is 4.08. The number of hydrogen-bond donors (Lipinski definition) is 0. The minimum atomic E-state index is 0.235. The molecule has 1 aromatic rings. The molecule has 0 aromatic carbocycles. The molecule has 1 aliphatic carbocycles. The summed E-state index contributed by atoms with van der Waals surface area (Å²) in [4.78, 5) is 14.8. The summed E-state index contributed by atoms with van der Waals surface area (Å²) in [5.41, 5.74) is 3.20. The summed E-state index contributed by atoms with van der Waals surface area (Å²) in [7, 11) is 0. The number of rotatable bonds is 5. The fourth-order valence-electron chi connectivity index (χ4n) is 4.08. The third-order valence-electron chi connectivity index (χ3n) is 5.36. The van der Waals surface area contributed by atoms with E-state index in [1.54, 1.807) is 0 Å². The number of nitrogens with zero attached hydrogens (tertiary/aromatic N) is 4. The lowest BCUT2D eigenvalue weighted by atomic mass is 10.1. The summed E-state index contributed by atoms with van der Waals surface area (Å²) in [6.07, 6.45) is 5.26. The van der Waals surface area contributed by atoms with Crippen molar-refractivity contribution < 1.29 is 9.53 Å². The van der Waals surface area contributed by atoms with Crippen molar-refractivity contribution in [2.45, 2.75) is 71.1 Å². The van der Waals surface area contributed by atoms with Crippen molar-refractivity contribution in [1.29, 1.82) is 5.26 Å². The Hall–Kier alpha value is -1.87. The number of carbonyl (C=O) groups is 1. The van der Waals surface area contributed by atoms with Gasteiger partial charge in [-0.15, -0.1) is 0 Å². The van der Waals surface area contributed by atoms with Crippen LogP contribution in [0.25, 0.3) is 0 Å². The number of hydrogen-bond acceptors (Lipinski definition) is 4. The highest BCUT2D eigenvalue weighted by atomic mass is 16.5. The van der Waals surface area contributed by atoms with Crippen LogP contribution >= 0.6 is 0 Å². The van der Waals surface area contributed by atoms with Gasteiger partial charge in [-0.25, -0.2) is 0 Å². The van der Waals surface area contributed by atoms with Crippen molar-refractivity contribution >= 4 is 5.91 Å². The Bertz CT molecular complexity index is 646. The van der Waals surface area contributed by atoms with Crippen LogP contribution in [0.2, 0.25) is 0 Å². The van der Waals surface area contributed by atoms with Crippen LogP contribution in [0, 0.1) is 25.2 Å². The Balaban J connectivity index is 1.62. The van der Waals surface area contributed by atoms with E-state index in [4.69, 9.17) is 10.00 Å². The number of morpholine rings is 1. The number of ether oxygens (including phenoxy) is 1. The summed E-state index contributed by atoms with van der Waals surface area (Å²) in [6, 6.07) is 2.44. The zero-order valence-electron chi connectivity index (χ0n) is 14.6. The van der Waals surface area contributed by atoms with Crippen molar-refractivity contribution in [2.75, 3.05) is 13.2 Å². The van der Waals surface area contributed by atoms with Crippen molar-refractivity contribution in [1.82, 2.24) is 14.7 Å². The van der Waals surface area contributed by atoms with E-state index in [0.717, 1.165) is 49.2 Å². The second kappa shape index (κ2) is 7.35. The first-order valence-electron chi connectivity index (χ1n) is 8.92. The fraction of sp³-hybridized carbons (Fsp3) is 0.722. The third-order valence-corrected chi connectivity index (χ3v) is 5.36. The van der Waals surface area contributed by atoms with Crippen LogP contribution in [0.5, 0.6) is 0 Å². The normalized spacial score (nSPS) is 23.1. The van der Waals surface area contributed by atoms with E-state index < -0.39 is 0 Å². The highest BCUT2D eigenvalue weighted by Crippen LogP contribution is 2.30. The molecule has 1 amide bonds. The van der Waals surface area contributed by atoms with Gasteiger partial charge in [-0.05, 0) is 45.1 Å². The lowest BCUT2D eigenvalue weighted by Gasteiger charge is -2.37. The summed E-state index contributed by atoms with van der Waals surface area (Å²) >= 11 is 0. The molecule has 1 aliphatic heterocycles. The van der Waals surface area contributed by atoms with Crippen LogP contribution < -0.4 is 0 Å². The highest BCUT2D eigenvalue weighted by Gasteiger charge is 2.38. The quantitative estimate of drug-likeness (QED) is 0.829. The van der Waals surface area contributed by atoms with E-state index in [-0.39, 0.29) is 18.1 Å². The van der Waals surface area contributed by atoms with Gasteiger partial charge in [0.05, 0.1) is 43.5 Å². The molecule has 2 atom stereocenters. The Kier molecular flexibility index (Phi) is 5.20. The highest BCUT2D eigenvalue weighted by molar-refractivity contribution is 5.77. The van der Waals surface area contributed by atoms with Crippen LogP contribution in [-0.2, 0) is 22.5 Å². The zero-order valence-corrected chi connectivity index (χ0v) is 14.6. The molecule has 0 bridgehead atoms. The first-order valence-corrected chi connectivity index (χ1v) is 8.92. The van der Waals surface area contributed by atoms with Gasteiger partial charge >= 0.3 is 0 Å². The van der Waals surface area contributed by atoms with Crippen molar-refractivity contribution in [2.24, 2.45) is 0 Å². The van der Waals surface area contributed by atoms with E-state index in [1.165, 1.54) is 0 Å². The molecule has 1 aromatic heterocycles. The summed E-state index contributed by atoms with van der Waals surface area (Å²) in [5, 5.41) is 13.3. The van der Waals surface area contributed by atoms with Crippen LogP contribution in [-0.4, -0.2) is 45.9 Å². The second-order valence-corrected chi connectivity index (χ2v) is 6.78. The monoisotopic (exact) mass is 330 g/mol. The molecule has 2 heterocycles. The topological polar surface area (TPSA) is 71.2 Å². The maximum absolute atomic E-state index is 12.7. The Morgan fingerprint density at radius 3 is 3.04 bits per heavy atom. The Morgan fingerprint density at radius 2 is 2.25 bits per heavy atom. The third kappa shape index (κ3) is 3.32. The van der Waals surface area contributed by atoms with Gasteiger partial charge in [0.15, 0.2) is 0 Å².